The molecule has 1 aromatic heterocycles. The fraction of sp³-hybridized carbons (Fsp3) is 0.667. The topological polar surface area (TPSA) is 109 Å². The minimum absolute atomic E-state index is 0.119. The molecule has 0 aliphatic carbocycles. The largest absolute Gasteiger partial charge is 0.380 e. The Balaban J connectivity index is 1.71. The molecule has 1 aliphatic rings. The van der Waals surface area contributed by atoms with Crippen LogP contribution in [0.2, 0.25) is 0 Å². The van der Waals surface area contributed by atoms with Crippen LogP contribution >= 0.6 is 0 Å². The van der Waals surface area contributed by atoms with Gasteiger partial charge in [0.1, 0.15) is 0 Å². The summed E-state index contributed by atoms with van der Waals surface area (Å²) in [7, 11) is 0. The van der Waals surface area contributed by atoms with Crippen molar-refractivity contribution in [2.24, 2.45) is 0 Å². The number of nitrogens with two attached hydrogens (primary N) is 1. The Bertz CT molecular complexity index is 373. The van der Waals surface area contributed by atoms with E-state index in [9.17, 15) is 4.79 Å². The van der Waals surface area contributed by atoms with E-state index in [2.05, 4.69) is 25.6 Å². The summed E-state index contributed by atoms with van der Waals surface area (Å²) in [5.74, 6) is -0.182. The predicted molar refractivity (Wildman–Crippen MR) is 60.4 cm³/mol. The second-order valence-corrected chi connectivity index (χ2v) is 3.77. The Hall–Kier alpha value is -1.67. The normalized spacial score (nSPS) is 16.9. The molecule has 1 aromatic rings. The van der Waals surface area contributed by atoms with E-state index in [1.54, 1.807) is 0 Å². The van der Waals surface area contributed by atoms with Gasteiger partial charge in [0.2, 0.25) is 0 Å². The predicted octanol–water partition coefficient (Wildman–Crippen LogP) is -1.55. The van der Waals surface area contributed by atoms with E-state index in [0.29, 0.717) is 6.54 Å². The molecule has 0 bridgehead atoms. The number of nitrogens with zero attached hydrogens (tertiary/aromatic N) is 3. The molecule has 0 radical (unpaired) electrons. The number of nitrogens with one attached hydrogen (secondary N) is 2. The summed E-state index contributed by atoms with van der Waals surface area (Å²) in [6, 6.07) is 0. The van der Waals surface area contributed by atoms with E-state index in [4.69, 9.17) is 10.5 Å². The van der Waals surface area contributed by atoms with Crippen LogP contribution in [-0.2, 0) is 4.74 Å². The summed E-state index contributed by atoms with van der Waals surface area (Å²) < 4.78 is 5.23. The van der Waals surface area contributed by atoms with Crippen molar-refractivity contribution in [2.75, 3.05) is 45.1 Å². The molecular formula is C9H16N6O2. The van der Waals surface area contributed by atoms with Crippen molar-refractivity contribution in [3.63, 3.8) is 0 Å². The van der Waals surface area contributed by atoms with Gasteiger partial charge in [-0.3, -0.25) is 9.69 Å². The highest BCUT2D eigenvalue weighted by Crippen LogP contribution is 2.01. The lowest BCUT2D eigenvalue weighted by molar-refractivity contribution is 0.0383. The lowest BCUT2D eigenvalue weighted by Gasteiger charge is -2.26. The first kappa shape index (κ1) is 11.8. The van der Waals surface area contributed by atoms with Crippen LogP contribution in [-0.4, -0.2) is 65.6 Å². The summed E-state index contributed by atoms with van der Waals surface area (Å²) in [4.78, 5) is 13.8. The molecule has 1 saturated heterocycles. The molecule has 1 aliphatic heterocycles. The van der Waals surface area contributed by atoms with Gasteiger partial charge >= 0.3 is 0 Å². The van der Waals surface area contributed by atoms with Crippen molar-refractivity contribution < 1.29 is 9.53 Å². The zero-order valence-corrected chi connectivity index (χ0v) is 9.48. The van der Waals surface area contributed by atoms with Crippen LogP contribution in [0.5, 0.6) is 0 Å². The van der Waals surface area contributed by atoms with Gasteiger partial charge in [-0.25, -0.2) is 0 Å². The second-order valence-electron chi connectivity index (χ2n) is 3.77. The summed E-state index contributed by atoms with van der Waals surface area (Å²) in [6.07, 6.45) is 0. The summed E-state index contributed by atoms with van der Waals surface area (Å²) in [5, 5.41) is 12.3. The highest BCUT2D eigenvalue weighted by molar-refractivity contribution is 5.96. The van der Waals surface area contributed by atoms with Gasteiger partial charge in [-0.15, -0.1) is 10.2 Å². The lowest BCUT2D eigenvalue weighted by Crippen LogP contribution is -2.41. The Labute approximate surface area is 98.5 Å². The van der Waals surface area contributed by atoms with Gasteiger partial charge in [-0.2, -0.15) is 5.21 Å². The molecule has 17 heavy (non-hydrogen) atoms. The SMILES string of the molecule is Nc1n[nH]nc1C(=O)NCCN1CCOCC1. The molecule has 2 rings (SSSR count). The third kappa shape index (κ3) is 3.14. The molecule has 4 N–H and O–H groups in total. The van der Waals surface area contributed by atoms with Gasteiger partial charge in [0, 0.05) is 26.2 Å². The fourth-order valence-electron chi connectivity index (χ4n) is 1.64. The number of aromatic amines is 1. The molecule has 8 heteroatoms. The molecule has 0 saturated carbocycles. The number of aromatic nitrogens is 3. The maximum absolute atomic E-state index is 11.6. The van der Waals surface area contributed by atoms with E-state index in [0.717, 1.165) is 32.8 Å². The average molecular weight is 240 g/mol. The number of anilines is 1. The molecule has 1 fully saturated rings. The number of ether oxygens (including phenoxy) is 1. The van der Waals surface area contributed by atoms with Crippen molar-refractivity contribution in [3.8, 4) is 0 Å². The second kappa shape index (κ2) is 5.60. The van der Waals surface area contributed by atoms with Crippen LogP contribution in [0.3, 0.4) is 0 Å². The van der Waals surface area contributed by atoms with Gasteiger partial charge in [-0.05, 0) is 0 Å². The van der Waals surface area contributed by atoms with Crippen LogP contribution in [0.15, 0.2) is 0 Å². The van der Waals surface area contributed by atoms with Crippen molar-refractivity contribution in [2.45, 2.75) is 0 Å². The molecule has 0 atom stereocenters. The Morgan fingerprint density at radius 1 is 1.47 bits per heavy atom. The van der Waals surface area contributed by atoms with Gasteiger partial charge < -0.3 is 15.8 Å². The summed E-state index contributed by atoms with van der Waals surface area (Å²) >= 11 is 0. The molecule has 0 aromatic carbocycles. The molecule has 0 unspecified atom stereocenters. The van der Waals surface area contributed by atoms with E-state index < -0.39 is 0 Å². The highest BCUT2D eigenvalue weighted by atomic mass is 16.5. The van der Waals surface area contributed by atoms with Crippen LogP contribution in [0.25, 0.3) is 0 Å². The zero-order chi connectivity index (χ0) is 12.1. The molecule has 0 spiro atoms. The number of carbonyl (C=O) groups is 1. The first-order valence-corrected chi connectivity index (χ1v) is 5.52. The van der Waals surface area contributed by atoms with Gasteiger partial charge in [0.05, 0.1) is 13.2 Å². The Morgan fingerprint density at radius 3 is 2.88 bits per heavy atom. The number of amides is 1. The highest BCUT2D eigenvalue weighted by Gasteiger charge is 2.14. The van der Waals surface area contributed by atoms with E-state index in [1.165, 1.54) is 0 Å². The monoisotopic (exact) mass is 240 g/mol. The van der Waals surface area contributed by atoms with Crippen molar-refractivity contribution in [1.29, 1.82) is 0 Å². The zero-order valence-electron chi connectivity index (χ0n) is 9.48. The van der Waals surface area contributed by atoms with Crippen LogP contribution in [0.4, 0.5) is 5.82 Å². The number of H-pyrrole nitrogens is 1. The average Bonchev–Trinajstić information content (AvgIpc) is 2.77. The Kier molecular flexibility index (Phi) is 3.89. The summed E-state index contributed by atoms with van der Waals surface area (Å²) in [5.41, 5.74) is 5.61. The number of morpholine rings is 1. The minimum Gasteiger partial charge on any atom is -0.380 e. The molecule has 8 nitrogen and oxygen atoms in total. The van der Waals surface area contributed by atoms with Crippen LogP contribution in [0, 0.1) is 0 Å². The third-order valence-corrected chi connectivity index (χ3v) is 2.61. The molecule has 94 valence electrons. The quantitative estimate of drug-likeness (QED) is 0.588. The van der Waals surface area contributed by atoms with Gasteiger partial charge in [0.25, 0.3) is 5.91 Å². The van der Waals surface area contributed by atoms with E-state index in [-0.39, 0.29) is 17.4 Å². The van der Waals surface area contributed by atoms with Crippen LogP contribution < -0.4 is 11.1 Å². The number of hydrogen-bond acceptors (Lipinski definition) is 6. The molecule has 1 amide bonds. The van der Waals surface area contributed by atoms with Crippen molar-refractivity contribution in [3.05, 3.63) is 5.69 Å². The first-order valence-electron chi connectivity index (χ1n) is 5.52. The van der Waals surface area contributed by atoms with E-state index in [1.807, 2.05) is 0 Å². The fourth-order valence-corrected chi connectivity index (χ4v) is 1.64. The maximum Gasteiger partial charge on any atom is 0.275 e. The van der Waals surface area contributed by atoms with Gasteiger partial charge in [0.15, 0.2) is 11.5 Å². The van der Waals surface area contributed by atoms with Gasteiger partial charge in [-0.1, -0.05) is 0 Å². The smallest absolute Gasteiger partial charge is 0.275 e. The first-order chi connectivity index (χ1) is 8.27. The van der Waals surface area contributed by atoms with Crippen LogP contribution in [0.1, 0.15) is 10.5 Å². The minimum atomic E-state index is -0.301. The number of hydrogen-bond donors (Lipinski definition) is 3. The lowest BCUT2D eigenvalue weighted by atomic mass is 10.4. The number of carbonyl (C=O) groups excluding carboxylic acids is 1. The number of rotatable bonds is 4. The Morgan fingerprint density at radius 2 is 2.24 bits per heavy atom. The maximum atomic E-state index is 11.6. The summed E-state index contributed by atoms with van der Waals surface area (Å²) in [6.45, 7) is 4.68. The standard InChI is InChI=1S/C9H16N6O2/c10-8-7(12-14-13-8)9(16)11-1-2-15-3-5-17-6-4-15/h1-6H2,(H,11,16)(H3,10,12,13,14). The third-order valence-electron chi connectivity index (χ3n) is 2.61. The van der Waals surface area contributed by atoms with Crippen molar-refractivity contribution in [1.82, 2.24) is 25.6 Å². The molecular weight excluding hydrogens is 224 g/mol. The van der Waals surface area contributed by atoms with E-state index >= 15 is 0 Å². The number of nitrogen functional groups attached to an aromatic ring is 1. The molecule has 2 heterocycles. The van der Waals surface area contributed by atoms with Crippen molar-refractivity contribution >= 4 is 11.7 Å².